The van der Waals surface area contributed by atoms with Crippen LogP contribution in [-0.4, -0.2) is 29.8 Å². The average Bonchev–Trinajstić information content (AvgIpc) is 3.15. The van der Waals surface area contributed by atoms with Crippen molar-refractivity contribution in [2.75, 3.05) is 24.7 Å². The molecule has 2 aliphatic rings. The van der Waals surface area contributed by atoms with E-state index in [1.54, 1.807) is 19.2 Å². The molecule has 0 radical (unpaired) electrons. The molecule has 4 rings (SSSR count). The molecule has 1 aromatic heterocycles. The van der Waals surface area contributed by atoms with Gasteiger partial charge in [0.05, 0.1) is 19.8 Å². The summed E-state index contributed by atoms with van der Waals surface area (Å²) in [6.07, 6.45) is 1.30. The highest BCUT2D eigenvalue weighted by molar-refractivity contribution is 5.70. The number of aliphatic hydroxyl groups is 1. The largest absolute Gasteiger partial charge is 0.383 e. The van der Waals surface area contributed by atoms with Crippen molar-refractivity contribution in [3.8, 4) is 0 Å². The van der Waals surface area contributed by atoms with Gasteiger partial charge in [0, 0.05) is 23.0 Å². The number of hydrogen-bond donors (Lipinski definition) is 1. The first-order valence-electron chi connectivity index (χ1n) is 7.54. The van der Waals surface area contributed by atoms with Crippen molar-refractivity contribution in [1.82, 2.24) is 4.98 Å². The van der Waals surface area contributed by atoms with Crippen LogP contribution in [0.25, 0.3) is 0 Å². The van der Waals surface area contributed by atoms with Gasteiger partial charge in [0.15, 0.2) is 6.29 Å². The lowest BCUT2D eigenvalue weighted by molar-refractivity contribution is -0.0441. The van der Waals surface area contributed by atoms with Crippen LogP contribution in [0.1, 0.15) is 24.3 Å². The fraction of sp³-hybridized carbons (Fsp3) is 0.353. The number of rotatable bonds is 2. The molecule has 1 saturated heterocycles. The molecule has 6 heteroatoms. The maximum Gasteiger partial charge on any atom is 0.184 e. The van der Waals surface area contributed by atoms with Gasteiger partial charge in [0.2, 0.25) is 0 Å². The molecule has 1 atom stereocenters. The molecule has 0 aliphatic carbocycles. The van der Waals surface area contributed by atoms with Gasteiger partial charge in [-0.15, -0.1) is 0 Å². The molecule has 23 heavy (non-hydrogen) atoms. The van der Waals surface area contributed by atoms with Crippen LogP contribution in [0.2, 0.25) is 0 Å². The summed E-state index contributed by atoms with van der Waals surface area (Å²) in [6, 6.07) is 8.16. The van der Waals surface area contributed by atoms with Crippen LogP contribution in [0.5, 0.6) is 0 Å². The highest BCUT2D eigenvalue weighted by Gasteiger charge is 2.38. The van der Waals surface area contributed by atoms with E-state index >= 15 is 0 Å². The number of pyridine rings is 1. The van der Waals surface area contributed by atoms with Crippen molar-refractivity contribution in [3.05, 3.63) is 53.5 Å². The fourth-order valence-corrected chi connectivity index (χ4v) is 3.14. The second-order valence-corrected chi connectivity index (χ2v) is 6.04. The molecule has 1 unspecified atom stereocenters. The van der Waals surface area contributed by atoms with Crippen LogP contribution < -0.4 is 4.90 Å². The molecule has 1 fully saturated rings. The Morgan fingerprint density at radius 2 is 2.04 bits per heavy atom. The van der Waals surface area contributed by atoms with Crippen molar-refractivity contribution in [2.24, 2.45) is 0 Å². The number of benzene rings is 1. The third-order valence-corrected chi connectivity index (χ3v) is 4.24. The number of β-amino-alcohol motifs (C(OH)–C–C–N with tert-alkyl or cyclic N) is 1. The highest BCUT2D eigenvalue weighted by atomic mass is 19.1. The van der Waals surface area contributed by atoms with Gasteiger partial charge in [-0.3, -0.25) is 0 Å². The minimum absolute atomic E-state index is 0.314. The van der Waals surface area contributed by atoms with Gasteiger partial charge in [-0.1, -0.05) is 0 Å². The number of anilines is 2. The third-order valence-electron chi connectivity index (χ3n) is 4.24. The molecule has 0 saturated carbocycles. The summed E-state index contributed by atoms with van der Waals surface area (Å²) >= 11 is 0. The first-order valence-corrected chi connectivity index (χ1v) is 7.54. The second-order valence-electron chi connectivity index (χ2n) is 6.04. The lowest BCUT2D eigenvalue weighted by atomic mass is 9.99. The van der Waals surface area contributed by atoms with Gasteiger partial charge >= 0.3 is 0 Å². The van der Waals surface area contributed by atoms with Crippen molar-refractivity contribution in [1.29, 1.82) is 0 Å². The van der Waals surface area contributed by atoms with Crippen LogP contribution in [0, 0.1) is 5.82 Å². The summed E-state index contributed by atoms with van der Waals surface area (Å²) in [5.41, 5.74) is 1.07. The van der Waals surface area contributed by atoms with Crippen molar-refractivity contribution >= 4 is 11.5 Å². The normalized spacial score (nSPS) is 24.2. The number of nitrogens with zero attached hydrogens (tertiary/aromatic N) is 2. The van der Waals surface area contributed by atoms with Gasteiger partial charge in [-0.05, 0) is 37.3 Å². The van der Waals surface area contributed by atoms with Crippen LogP contribution in [0.3, 0.4) is 0 Å². The molecule has 1 N–H and O–H groups in total. The Balaban J connectivity index is 1.73. The summed E-state index contributed by atoms with van der Waals surface area (Å²) in [4.78, 5) is 6.27. The van der Waals surface area contributed by atoms with Crippen LogP contribution in [0.15, 0.2) is 36.5 Å². The third kappa shape index (κ3) is 2.49. The maximum atomic E-state index is 13.5. The van der Waals surface area contributed by atoms with Crippen LogP contribution in [0.4, 0.5) is 15.9 Å². The van der Waals surface area contributed by atoms with E-state index in [2.05, 4.69) is 4.98 Å². The molecular formula is C17H17FN2O3. The Kier molecular flexibility index (Phi) is 3.33. The molecule has 3 heterocycles. The molecule has 1 aromatic carbocycles. The molecular weight excluding hydrogens is 299 g/mol. The molecule has 0 bridgehead atoms. The first-order chi connectivity index (χ1) is 11.0. The summed E-state index contributed by atoms with van der Waals surface area (Å²) < 4.78 is 24.6. The number of ether oxygens (including phenoxy) is 2. The minimum atomic E-state index is -1.13. The van der Waals surface area contributed by atoms with Gasteiger partial charge in [-0.25, -0.2) is 9.37 Å². The Hall–Kier alpha value is -2.02. The molecule has 0 spiro atoms. The summed E-state index contributed by atoms with van der Waals surface area (Å²) in [6.45, 7) is 3.14. The van der Waals surface area contributed by atoms with Gasteiger partial charge in [0.25, 0.3) is 0 Å². The quantitative estimate of drug-likeness (QED) is 0.923. The van der Waals surface area contributed by atoms with E-state index in [0.717, 1.165) is 11.3 Å². The lowest BCUT2D eigenvalue weighted by Crippen LogP contribution is -2.28. The number of hydrogen-bond acceptors (Lipinski definition) is 5. The van der Waals surface area contributed by atoms with E-state index in [1.807, 2.05) is 17.0 Å². The Morgan fingerprint density at radius 1 is 1.26 bits per heavy atom. The Bertz CT molecular complexity index is 744. The standard InChI is InChI=1S/C17H17FN2O3/c1-17(21)10-20(14-3-2-12(18)9-13(14)17)15-8-11(4-5-19-15)16-22-6-7-23-16/h2-5,8-9,16,21H,6-7,10H2,1H3. The predicted octanol–water partition coefficient (Wildman–Crippen LogP) is 2.63. The zero-order valence-electron chi connectivity index (χ0n) is 12.7. The Morgan fingerprint density at radius 3 is 2.83 bits per heavy atom. The summed E-state index contributed by atoms with van der Waals surface area (Å²) in [7, 11) is 0. The zero-order valence-corrected chi connectivity index (χ0v) is 12.7. The fourth-order valence-electron chi connectivity index (χ4n) is 3.14. The van der Waals surface area contributed by atoms with E-state index in [9.17, 15) is 9.50 Å². The van der Waals surface area contributed by atoms with E-state index < -0.39 is 5.60 Å². The predicted molar refractivity (Wildman–Crippen MR) is 81.9 cm³/mol. The van der Waals surface area contributed by atoms with Gasteiger partial charge in [-0.2, -0.15) is 0 Å². The van der Waals surface area contributed by atoms with Crippen molar-refractivity contribution < 1.29 is 19.0 Å². The summed E-state index contributed by atoms with van der Waals surface area (Å²) in [5.74, 6) is 0.313. The molecule has 2 aliphatic heterocycles. The van der Waals surface area contributed by atoms with Gasteiger partial charge in [0.1, 0.15) is 17.2 Å². The van der Waals surface area contributed by atoms with Crippen LogP contribution >= 0.6 is 0 Å². The maximum absolute atomic E-state index is 13.5. The highest BCUT2D eigenvalue weighted by Crippen LogP contribution is 2.43. The van der Waals surface area contributed by atoms with Gasteiger partial charge < -0.3 is 19.5 Å². The zero-order chi connectivity index (χ0) is 16.0. The van der Waals surface area contributed by atoms with Crippen LogP contribution in [-0.2, 0) is 15.1 Å². The first kappa shape index (κ1) is 14.6. The topological polar surface area (TPSA) is 54.8 Å². The van der Waals surface area contributed by atoms with E-state index in [-0.39, 0.29) is 12.1 Å². The van der Waals surface area contributed by atoms with E-state index in [0.29, 0.717) is 31.1 Å². The smallest absolute Gasteiger partial charge is 0.184 e. The molecule has 0 amide bonds. The summed E-state index contributed by atoms with van der Waals surface area (Å²) in [5, 5.41) is 10.6. The average molecular weight is 316 g/mol. The molecule has 120 valence electrons. The molecule has 5 nitrogen and oxygen atoms in total. The Labute approximate surface area is 133 Å². The second kappa shape index (κ2) is 5.26. The molecule has 2 aromatic rings. The van der Waals surface area contributed by atoms with Crippen molar-refractivity contribution in [3.63, 3.8) is 0 Å². The SMILES string of the molecule is CC1(O)CN(c2cc(C3OCCO3)ccn2)c2ccc(F)cc21. The monoisotopic (exact) mass is 316 g/mol. The lowest BCUT2D eigenvalue weighted by Gasteiger charge is -2.21. The van der Waals surface area contributed by atoms with Crippen molar-refractivity contribution in [2.45, 2.75) is 18.8 Å². The minimum Gasteiger partial charge on any atom is -0.383 e. The number of fused-ring (bicyclic) bond motifs is 1. The van der Waals surface area contributed by atoms with E-state index in [4.69, 9.17) is 9.47 Å². The number of aromatic nitrogens is 1. The number of halogens is 1. The van der Waals surface area contributed by atoms with E-state index in [1.165, 1.54) is 12.1 Å².